The molecule has 1 aromatic carbocycles. The minimum atomic E-state index is -0.181. The van der Waals surface area contributed by atoms with Crippen LogP contribution in [0.5, 0.6) is 0 Å². The molecule has 0 aliphatic rings. The Morgan fingerprint density at radius 1 is 1.25 bits per heavy atom. The van der Waals surface area contributed by atoms with Gasteiger partial charge in [0.2, 0.25) is 0 Å². The molecular weight excluding hydrogens is 253 g/mol. The van der Waals surface area contributed by atoms with Crippen molar-refractivity contribution in [2.75, 3.05) is 19.0 Å². The van der Waals surface area contributed by atoms with Gasteiger partial charge in [0, 0.05) is 31.4 Å². The van der Waals surface area contributed by atoms with E-state index in [1.54, 1.807) is 12.1 Å². The molecule has 1 unspecified atom stereocenters. The second-order valence-electron chi connectivity index (χ2n) is 4.91. The van der Waals surface area contributed by atoms with E-state index in [2.05, 4.69) is 17.2 Å². The van der Waals surface area contributed by atoms with Crippen molar-refractivity contribution >= 4 is 5.82 Å². The lowest BCUT2D eigenvalue weighted by Crippen LogP contribution is -2.19. The highest BCUT2D eigenvalue weighted by atomic mass is 19.1. The highest BCUT2D eigenvalue weighted by molar-refractivity contribution is 5.40. The summed E-state index contributed by atoms with van der Waals surface area (Å²) in [5, 5.41) is 3.17. The summed E-state index contributed by atoms with van der Waals surface area (Å²) in [7, 11) is 3.83. The van der Waals surface area contributed by atoms with Crippen LogP contribution in [0.1, 0.15) is 24.1 Å². The fourth-order valence-corrected chi connectivity index (χ4v) is 2.01. The number of nitrogens with zero attached hydrogens (tertiary/aromatic N) is 2. The topological polar surface area (TPSA) is 28.2 Å². The summed E-state index contributed by atoms with van der Waals surface area (Å²) in [5.41, 5.74) is 1.81. The SMILES string of the molecule is CNC(C)c1ccc(N(C)Cc2ccccc2F)nc1. The lowest BCUT2D eigenvalue weighted by Gasteiger charge is -2.19. The highest BCUT2D eigenvalue weighted by Crippen LogP contribution is 2.17. The van der Waals surface area contributed by atoms with Gasteiger partial charge in [-0.05, 0) is 31.7 Å². The first-order chi connectivity index (χ1) is 9.61. The van der Waals surface area contributed by atoms with Gasteiger partial charge in [-0.1, -0.05) is 24.3 Å². The Hall–Kier alpha value is -1.94. The average molecular weight is 273 g/mol. The summed E-state index contributed by atoms with van der Waals surface area (Å²) >= 11 is 0. The number of nitrogens with one attached hydrogen (secondary N) is 1. The number of anilines is 1. The molecule has 20 heavy (non-hydrogen) atoms. The molecular formula is C16H20FN3. The average Bonchev–Trinajstić information content (AvgIpc) is 2.49. The van der Waals surface area contributed by atoms with E-state index in [1.807, 2.05) is 43.4 Å². The van der Waals surface area contributed by atoms with E-state index in [9.17, 15) is 4.39 Å². The summed E-state index contributed by atoms with van der Waals surface area (Å²) in [6.45, 7) is 2.58. The van der Waals surface area contributed by atoms with Crippen molar-refractivity contribution in [2.45, 2.75) is 19.5 Å². The normalized spacial score (nSPS) is 12.2. The third-order valence-corrected chi connectivity index (χ3v) is 3.46. The maximum absolute atomic E-state index is 13.6. The molecule has 1 heterocycles. The number of halogens is 1. The molecule has 0 amide bonds. The fraction of sp³-hybridized carbons (Fsp3) is 0.312. The Morgan fingerprint density at radius 3 is 2.60 bits per heavy atom. The monoisotopic (exact) mass is 273 g/mol. The van der Waals surface area contributed by atoms with Crippen molar-refractivity contribution in [1.82, 2.24) is 10.3 Å². The molecule has 1 N–H and O–H groups in total. The molecule has 0 spiro atoms. The van der Waals surface area contributed by atoms with Crippen LogP contribution in [0, 0.1) is 5.82 Å². The Bertz CT molecular complexity index is 554. The van der Waals surface area contributed by atoms with Crippen LogP contribution >= 0.6 is 0 Å². The molecule has 0 bridgehead atoms. The molecule has 0 radical (unpaired) electrons. The second-order valence-corrected chi connectivity index (χ2v) is 4.91. The molecule has 0 saturated carbocycles. The fourth-order valence-electron chi connectivity index (χ4n) is 2.01. The zero-order chi connectivity index (χ0) is 14.5. The van der Waals surface area contributed by atoms with E-state index >= 15 is 0 Å². The first kappa shape index (κ1) is 14.5. The van der Waals surface area contributed by atoms with Gasteiger partial charge < -0.3 is 10.2 Å². The summed E-state index contributed by atoms with van der Waals surface area (Å²) < 4.78 is 13.6. The maximum Gasteiger partial charge on any atom is 0.128 e. The Kier molecular flexibility index (Phi) is 4.69. The van der Waals surface area contributed by atoms with Gasteiger partial charge in [0.1, 0.15) is 11.6 Å². The smallest absolute Gasteiger partial charge is 0.128 e. The van der Waals surface area contributed by atoms with Crippen LogP contribution in [0.25, 0.3) is 0 Å². The van der Waals surface area contributed by atoms with Crippen LogP contribution in [0.15, 0.2) is 42.6 Å². The van der Waals surface area contributed by atoms with Crippen LogP contribution < -0.4 is 10.2 Å². The third kappa shape index (κ3) is 3.33. The molecule has 1 atom stereocenters. The van der Waals surface area contributed by atoms with Crippen LogP contribution in [-0.4, -0.2) is 19.1 Å². The molecule has 0 aliphatic carbocycles. The third-order valence-electron chi connectivity index (χ3n) is 3.46. The number of hydrogen-bond donors (Lipinski definition) is 1. The second kappa shape index (κ2) is 6.48. The predicted octanol–water partition coefficient (Wildman–Crippen LogP) is 3.14. The summed E-state index contributed by atoms with van der Waals surface area (Å²) in [6.07, 6.45) is 1.86. The number of aromatic nitrogens is 1. The van der Waals surface area contributed by atoms with Crippen LogP contribution in [-0.2, 0) is 6.54 Å². The molecule has 2 aromatic rings. The quantitative estimate of drug-likeness (QED) is 0.907. The van der Waals surface area contributed by atoms with Crippen molar-refractivity contribution in [1.29, 1.82) is 0 Å². The van der Waals surface area contributed by atoms with Gasteiger partial charge in [-0.25, -0.2) is 9.37 Å². The molecule has 106 valence electrons. The van der Waals surface area contributed by atoms with Crippen molar-refractivity contribution < 1.29 is 4.39 Å². The Balaban J connectivity index is 2.10. The Morgan fingerprint density at radius 2 is 2.00 bits per heavy atom. The molecule has 1 aromatic heterocycles. The van der Waals surface area contributed by atoms with Crippen LogP contribution in [0.4, 0.5) is 10.2 Å². The zero-order valence-corrected chi connectivity index (χ0v) is 12.1. The standard InChI is InChI=1S/C16H20FN3/c1-12(18-2)13-8-9-16(19-10-13)20(3)11-14-6-4-5-7-15(14)17/h4-10,12,18H,11H2,1-3H3. The summed E-state index contributed by atoms with van der Waals surface area (Å²) in [4.78, 5) is 6.37. The Labute approximate surface area is 119 Å². The summed E-state index contributed by atoms with van der Waals surface area (Å²) in [5.74, 6) is 0.653. The van der Waals surface area contributed by atoms with Crippen LogP contribution in [0.2, 0.25) is 0 Å². The van der Waals surface area contributed by atoms with Gasteiger partial charge in [-0.2, -0.15) is 0 Å². The number of pyridine rings is 1. The number of rotatable bonds is 5. The van der Waals surface area contributed by atoms with Gasteiger partial charge in [0.15, 0.2) is 0 Å². The molecule has 3 nitrogen and oxygen atoms in total. The lowest BCUT2D eigenvalue weighted by molar-refractivity contribution is 0.607. The van der Waals surface area contributed by atoms with E-state index in [0.717, 1.165) is 11.4 Å². The maximum atomic E-state index is 13.6. The largest absolute Gasteiger partial charge is 0.355 e. The van der Waals surface area contributed by atoms with Gasteiger partial charge in [0.05, 0.1) is 0 Å². The predicted molar refractivity (Wildman–Crippen MR) is 80.2 cm³/mol. The molecule has 0 fully saturated rings. The minimum Gasteiger partial charge on any atom is -0.355 e. The molecule has 2 rings (SSSR count). The van der Waals surface area contributed by atoms with Crippen molar-refractivity contribution in [2.24, 2.45) is 0 Å². The van der Waals surface area contributed by atoms with E-state index in [4.69, 9.17) is 0 Å². The van der Waals surface area contributed by atoms with E-state index in [-0.39, 0.29) is 11.9 Å². The van der Waals surface area contributed by atoms with Crippen molar-refractivity contribution in [3.05, 3.63) is 59.5 Å². The zero-order valence-electron chi connectivity index (χ0n) is 12.1. The first-order valence-corrected chi connectivity index (χ1v) is 6.69. The van der Waals surface area contributed by atoms with Gasteiger partial charge in [0.25, 0.3) is 0 Å². The van der Waals surface area contributed by atoms with E-state index in [0.29, 0.717) is 12.1 Å². The lowest BCUT2D eigenvalue weighted by atomic mass is 10.1. The van der Waals surface area contributed by atoms with Crippen molar-refractivity contribution in [3.8, 4) is 0 Å². The molecule has 0 saturated heterocycles. The van der Waals surface area contributed by atoms with E-state index < -0.39 is 0 Å². The number of benzene rings is 1. The van der Waals surface area contributed by atoms with E-state index in [1.165, 1.54) is 6.07 Å². The molecule has 0 aliphatic heterocycles. The van der Waals surface area contributed by atoms with Gasteiger partial charge in [-0.3, -0.25) is 0 Å². The first-order valence-electron chi connectivity index (χ1n) is 6.69. The van der Waals surface area contributed by atoms with Crippen molar-refractivity contribution in [3.63, 3.8) is 0 Å². The van der Waals surface area contributed by atoms with Gasteiger partial charge >= 0.3 is 0 Å². The van der Waals surface area contributed by atoms with Gasteiger partial charge in [-0.15, -0.1) is 0 Å². The summed E-state index contributed by atoms with van der Waals surface area (Å²) in [6, 6.07) is 11.1. The number of hydrogen-bond acceptors (Lipinski definition) is 3. The van der Waals surface area contributed by atoms with Crippen LogP contribution in [0.3, 0.4) is 0 Å². The molecule has 4 heteroatoms. The highest BCUT2D eigenvalue weighted by Gasteiger charge is 2.08. The minimum absolute atomic E-state index is 0.181.